The van der Waals surface area contributed by atoms with Gasteiger partial charge in [0, 0.05) is 12.6 Å². The first kappa shape index (κ1) is 13.5. The molecule has 1 aliphatic rings. The van der Waals surface area contributed by atoms with Gasteiger partial charge in [0.25, 0.3) is 0 Å². The van der Waals surface area contributed by atoms with E-state index in [0.717, 1.165) is 23.4 Å². The van der Waals surface area contributed by atoms with E-state index < -0.39 is 5.97 Å². The zero-order valence-corrected chi connectivity index (χ0v) is 11.4. The molecule has 0 bridgehead atoms. The summed E-state index contributed by atoms with van der Waals surface area (Å²) in [4.78, 5) is 10.8. The number of ether oxygens (including phenoxy) is 2. The second kappa shape index (κ2) is 5.38. The number of hydrogen-bond donors (Lipinski definition) is 2. The Kier molecular flexibility index (Phi) is 3.83. The first-order valence-electron chi connectivity index (χ1n) is 6.26. The SMILES string of the molecule is COc1cc(C)c(NCC2CC2C(=O)O)c(OC)c1. The van der Waals surface area contributed by atoms with Crippen LogP contribution in [0.15, 0.2) is 12.1 Å². The highest BCUT2D eigenvalue weighted by atomic mass is 16.5. The van der Waals surface area contributed by atoms with Crippen molar-refractivity contribution in [1.29, 1.82) is 0 Å². The number of nitrogens with one attached hydrogen (secondary N) is 1. The third-order valence-electron chi connectivity index (χ3n) is 3.51. The minimum Gasteiger partial charge on any atom is -0.497 e. The molecule has 5 heteroatoms. The third kappa shape index (κ3) is 2.92. The van der Waals surface area contributed by atoms with Crippen LogP contribution in [-0.2, 0) is 4.79 Å². The van der Waals surface area contributed by atoms with Gasteiger partial charge in [-0.2, -0.15) is 0 Å². The number of methoxy groups -OCH3 is 2. The highest BCUT2D eigenvalue weighted by Gasteiger charge is 2.42. The van der Waals surface area contributed by atoms with E-state index in [2.05, 4.69) is 5.32 Å². The Morgan fingerprint density at radius 2 is 2.16 bits per heavy atom. The van der Waals surface area contributed by atoms with Crippen LogP contribution in [0.25, 0.3) is 0 Å². The lowest BCUT2D eigenvalue weighted by Crippen LogP contribution is -2.10. The Bertz CT molecular complexity index is 487. The highest BCUT2D eigenvalue weighted by molar-refractivity contribution is 5.73. The third-order valence-corrected chi connectivity index (χ3v) is 3.51. The smallest absolute Gasteiger partial charge is 0.306 e. The van der Waals surface area contributed by atoms with Gasteiger partial charge in [0.15, 0.2) is 0 Å². The van der Waals surface area contributed by atoms with Crippen molar-refractivity contribution in [2.45, 2.75) is 13.3 Å². The number of aliphatic carboxylic acids is 1. The minimum atomic E-state index is -0.704. The summed E-state index contributed by atoms with van der Waals surface area (Å²) in [6.45, 7) is 2.62. The molecule has 2 N–H and O–H groups in total. The molecule has 1 aliphatic carbocycles. The Hall–Kier alpha value is -1.91. The van der Waals surface area contributed by atoms with Gasteiger partial charge < -0.3 is 19.9 Å². The van der Waals surface area contributed by atoms with Crippen LogP contribution in [0.4, 0.5) is 5.69 Å². The summed E-state index contributed by atoms with van der Waals surface area (Å²) < 4.78 is 10.5. The van der Waals surface area contributed by atoms with E-state index in [9.17, 15) is 4.79 Å². The molecular formula is C14H19NO4. The lowest BCUT2D eigenvalue weighted by atomic mass is 10.1. The Morgan fingerprint density at radius 1 is 1.42 bits per heavy atom. The van der Waals surface area contributed by atoms with Gasteiger partial charge >= 0.3 is 5.97 Å². The monoisotopic (exact) mass is 265 g/mol. The molecule has 0 saturated heterocycles. The van der Waals surface area contributed by atoms with Crippen LogP contribution in [-0.4, -0.2) is 31.8 Å². The van der Waals surface area contributed by atoms with Gasteiger partial charge in [0.1, 0.15) is 11.5 Å². The van der Waals surface area contributed by atoms with Crippen molar-refractivity contribution >= 4 is 11.7 Å². The van der Waals surface area contributed by atoms with Crippen LogP contribution < -0.4 is 14.8 Å². The van der Waals surface area contributed by atoms with E-state index in [4.69, 9.17) is 14.6 Å². The average molecular weight is 265 g/mol. The van der Waals surface area contributed by atoms with E-state index in [1.54, 1.807) is 14.2 Å². The van der Waals surface area contributed by atoms with Gasteiger partial charge in [-0.3, -0.25) is 4.79 Å². The molecule has 0 spiro atoms. The van der Waals surface area contributed by atoms with Crippen molar-refractivity contribution in [1.82, 2.24) is 0 Å². The number of hydrogen-bond acceptors (Lipinski definition) is 4. The summed E-state index contributed by atoms with van der Waals surface area (Å²) in [6, 6.07) is 3.74. The van der Waals surface area contributed by atoms with Crippen molar-refractivity contribution in [3.63, 3.8) is 0 Å². The molecule has 0 heterocycles. The number of rotatable bonds is 6. The number of carboxylic acid groups (broad SMARTS) is 1. The summed E-state index contributed by atoms with van der Waals surface area (Å²) >= 11 is 0. The quantitative estimate of drug-likeness (QED) is 0.825. The van der Waals surface area contributed by atoms with Crippen LogP contribution in [0.3, 0.4) is 0 Å². The molecular weight excluding hydrogens is 246 g/mol. The first-order valence-corrected chi connectivity index (χ1v) is 6.26. The molecule has 5 nitrogen and oxygen atoms in total. The van der Waals surface area contributed by atoms with Crippen LogP contribution in [0, 0.1) is 18.8 Å². The maximum Gasteiger partial charge on any atom is 0.306 e. The van der Waals surface area contributed by atoms with E-state index in [1.165, 1.54) is 0 Å². The normalized spacial score (nSPS) is 20.8. The highest BCUT2D eigenvalue weighted by Crippen LogP contribution is 2.40. The van der Waals surface area contributed by atoms with Crippen molar-refractivity contribution in [2.24, 2.45) is 11.8 Å². The summed E-state index contributed by atoms with van der Waals surface area (Å²) in [6.07, 6.45) is 0.750. The van der Waals surface area contributed by atoms with Crippen LogP contribution in [0.2, 0.25) is 0 Å². The van der Waals surface area contributed by atoms with E-state index in [0.29, 0.717) is 12.3 Å². The molecule has 2 rings (SSSR count). The number of aryl methyl sites for hydroxylation is 1. The summed E-state index contributed by atoms with van der Waals surface area (Å²) in [5.41, 5.74) is 1.92. The van der Waals surface area contributed by atoms with Crippen molar-refractivity contribution in [3.8, 4) is 11.5 Å². The topological polar surface area (TPSA) is 67.8 Å². The maximum absolute atomic E-state index is 10.8. The molecule has 1 saturated carbocycles. The molecule has 1 fully saturated rings. The molecule has 0 aromatic heterocycles. The van der Waals surface area contributed by atoms with Crippen LogP contribution in [0.5, 0.6) is 11.5 Å². The minimum absolute atomic E-state index is 0.197. The first-order chi connectivity index (χ1) is 9.06. The number of carboxylic acids is 1. The zero-order chi connectivity index (χ0) is 14.0. The number of anilines is 1. The lowest BCUT2D eigenvalue weighted by Gasteiger charge is -2.15. The molecule has 1 aromatic carbocycles. The Labute approximate surface area is 112 Å². The van der Waals surface area contributed by atoms with Crippen molar-refractivity contribution in [3.05, 3.63) is 17.7 Å². The van der Waals surface area contributed by atoms with E-state index in [1.807, 2.05) is 19.1 Å². The largest absolute Gasteiger partial charge is 0.497 e. The maximum atomic E-state index is 10.8. The molecule has 2 unspecified atom stereocenters. The summed E-state index contributed by atoms with van der Waals surface area (Å²) in [5, 5.41) is 12.2. The fourth-order valence-electron chi connectivity index (χ4n) is 2.24. The predicted octanol–water partition coefficient (Wildman–Crippen LogP) is 2.14. The molecule has 104 valence electrons. The second-order valence-electron chi connectivity index (χ2n) is 4.84. The molecule has 0 amide bonds. The Balaban J connectivity index is 2.06. The van der Waals surface area contributed by atoms with Crippen LogP contribution in [0.1, 0.15) is 12.0 Å². The fourth-order valence-corrected chi connectivity index (χ4v) is 2.24. The van der Waals surface area contributed by atoms with Gasteiger partial charge in [-0.05, 0) is 30.9 Å². The van der Waals surface area contributed by atoms with Gasteiger partial charge in [-0.25, -0.2) is 0 Å². The predicted molar refractivity (Wildman–Crippen MR) is 72.0 cm³/mol. The molecule has 19 heavy (non-hydrogen) atoms. The number of carbonyl (C=O) groups is 1. The van der Waals surface area contributed by atoms with Gasteiger partial charge in [0.2, 0.25) is 0 Å². The van der Waals surface area contributed by atoms with Crippen molar-refractivity contribution in [2.75, 3.05) is 26.1 Å². The van der Waals surface area contributed by atoms with Gasteiger partial charge in [-0.15, -0.1) is 0 Å². The number of benzene rings is 1. The van der Waals surface area contributed by atoms with Crippen LogP contribution >= 0.6 is 0 Å². The second-order valence-corrected chi connectivity index (χ2v) is 4.84. The molecule has 0 aliphatic heterocycles. The van der Waals surface area contributed by atoms with E-state index in [-0.39, 0.29) is 11.8 Å². The standard InChI is InChI=1S/C14H19NO4/c1-8-4-10(18-2)6-12(19-3)13(8)15-7-9-5-11(9)14(16)17/h4,6,9,11,15H,5,7H2,1-3H3,(H,16,17). The summed E-state index contributed by atoms with van der Waals surface area (Å²) in [7, 11) is 3.22. The molecule has 1 aromatic rings. The molecule has 0 radical (unpaired) electrons. The fraction of sp³-hybridized carbons (Fsp3) is 0.500. The van der Waals surface area contributed by atoms with E-state index >= 15 is 0 Å². The zero-order valence-electron chi connectivity index (χ0n) is 11.4. The van der Waals surface area contributed by atoms with Gasteiger partial charge in [-0.1, -0.05) is 0 Å². The Morgan fingerprint density at radius 3 is 2.68 bits per heavy atom. The molecule has 2 atom stereocenters. The average Bonchev–Trinajstić information content (AvgIpc) is 3.16. The van der Waals surface area contributed by atoms with Gasteiger partial charge in [0.05, 0.1) is 25.8 Å². The lowest BCUT2D eigenvalue weighted by molar-refractivity contribution is -0.138. The van der Waals surface area contributed by atoms with Crippen molar-refractivity contribution < 1.29 is 19.4 Å². The summed E-state index contributed by atoms with van der Waals surface area (Å²) in [5.74, 6) is 0.769.